The first-order chi connectivity index (χ1) is 11.8. The number of benzene rings is 1. The lowest BCUT2D eigenvalue weighted by Gasteiger charge is -2.04. The van der Waals surface area contributed by atoms with Gasteiger partial charge in [0.1, 0.15) is 5.69 Å². The van der Waals surface area contributed by atoms with Gasteiger partial charge < -0.3 is 5.32 Å². The molecule has 1 N–H and O–H groups in total. The number of rotatable bonds is 6. The third-order valence-corrected chi connectivity index (χ3v) is 3.73. The molecule has 0 spiro atoms. The number of hydrogen-bond donors (Lipinski definition) is 1. The van der Waals surface area contributed by atoms with Gasteiger partial charge in [0.2, 0.25) is 0 Å². The second kappa shape index (κ2) is 7.55. The van der Waals surface area contributed by atoms with E-state index in [0.29, 0.717) is 17.8 Å². The molecule has 0 fully saturated rings. The van der Waals surface area contributed by atoms with E-state index in [2.05, 4.69) is 22.3 Å². The molecule has 1 aromatic carbocycles. The zero-order valence-electron chi connectivity index (χ0n) is 13.6. The van der Waals surface area contributed by atoms with E-state index in [4.69, 9.17) is 0 Å². The topological polar surface area (TPSA) is 59.8 Å². The third kappa shape index (κ3) is 3.51. The summed E-state index contributed by atoms with van der Waals surface area (Å²) in [6.45, 7) is 2.76. The van der Waals surface area contributed by atoms with Crippen LogP contribution in [0.15, 0.2) is 61.1 Å². The number of carbonyl (C=O) groups is 1. The molecule has 3 rings (SSSR count). The molecule has 0 aliphatic carbocycles. The average molecular weight is 320 g/mol. The number of amides is 1. The van der Waals surface area contributed by atoms with Crippen molar-refractivity contribution in [3.63, 3.8) is 0 Å². The normalized spacial score (nSPS) is 10.5. The van der Waals surface area contributed by atoms with Crippen molar-refractivity contribution >= 4 is 5.91 Å². The lowest BCUT2D eigenvalue weighted by Crippen LogP contribution is -2.24. The Morgan fingerprint density at radius 1 is 1.17 bits per heavy atom. The van der Waals surface area contributed by atoms with E-state index in [0.717, 1.165) is 24.1 Å². The second-order valence-corrected chi connectivity index (χ2v) is 5.52. The van der Waals surface area contributed by atoms with Crippen molar-refractivity contribution in [2.24, 2.45) is 0 Å². The van der Waals surface area contributed by atoms with E-state index < -0.39 is 0 Å². The SMILES string of the molecule is CCCCNC(=O)c1cn(-c2ccccc2)nc1-c1cccnc1. The quantitative estimate of drug-likeness (QED) is 0.708. The molecule has 2 heterocycles. The van der Waals surface area contributed by atoms with Crippen molar-refractivity contribution < 1.29 is 4.79 Å². The molecule has 0 bridgehead atoms. The van der Waals surface area contributed by atoms with Crippen LogP contribution in [0.1, 0.15) is 30.1 Å². The standard InChI is InChI=1S/C19H20N4O/c1-2-3-12-21-19(24)17-14-23(16-9-5-4-6-10-16)22-18(17)15-8-7-11-20-13-15/h4-11,13-14H,2-3,12H2,1H3,(H,21,24). The van der Waals surface area contributed by atoms with Gasteiger partial charge >= 0.3 is 0 Å². The van der Waals surface area contributed by atoms with Crippen LogP contribution >= 0.6 is 0 Å². The number of unbranched alkanes of at least 4 members (excludes halogenated alkanes) is 1. The highest BCUT2D eigenvalue weighted by molar-refractivity contribution is 5.99. The molecule has 5 nitrogen and oxygen atoms in total. The Kier molecular flexibility index (Phi) is 5.01. The highest BCUT2D eigenvalue weighted by Crippen LogP contribution is 2.23. The van der Waals surface area contributed by atoms with E-state index in [1.807, 2.05) is 42.5 Å². The molecule has 0 unspecified atom stereocenters. The van der Waals surface area contributed by atoms with E-state index in [-0.39, 0.29) is 5.91 Å². The maximum atomic E-state index is 12.6. The van der Waals surface area contributed by atoms with Gasteiger partial charge in [-0.2, -0.15) is 5.10 Å². The van der Waals surface area contributed by atoms with Gasteiger partial charge in [-0.05, 0) is 30.7 Å². The number of aromatic nitrogens is 3. The summed E-state index contributed by atoms with van der Waals surface area (Å²) >= 11 is 0. The molecule has 0 saturated carbocycles. The fourth-order valence-corrected chi connectivity index (χ4v) is 2.44. The third-order valence-electron chi connectivity index (χ3n) is 3.73. The van der Waals surface area contributed by atoms with Crippen LogP contribution in [-0.4, -0.2) is 27.2 Å². The fourth-order valence-electron chi connectivity index (χ4n) is 2.44. The first kappa shape index (κ1) is 15.9. The maximum Gasteiger partial charge on any atom is 0.255 e. The summed E-state index contributed by atoms with van der Waals surface area (Å²) in [5, 5.41) is 7.58. The van der Waals surface area contributed by atoms with Crippen molar-refractivity contribution in [3.8, 4) is 16.9 Å². The number of para-hydroxylation sites is 1. The maximum absolute atomic E-state index is 12.6. The summed E-state index contributed by atoms with van der Waals surface area (Å²) in [6, 6.07) is 13.5. The Bertz CT molecular complexity index is 797. The Morgan fingerprint density at radius 3 is 2.71 bits per heavy atom. The predicted molar refractivity (Wildman–Crippen MR) is 94.0 cm³/mol. The molecule has 0 radical (unpaired) electrons. The van der Waals surface area contributed by atoms with Crippen molar-refractivity contribution in [2.75, 3.05) is 6.54 Å². The van der Waals surface area contributed by atoms with Crippen LogP contribution in [0.4, 0.5) is 0 Å². The minimum Gasteiger partial charge on any atom is -0.352 e. The Balaban J connectivity index is 1.99. The Morgan fingerprint density at radius 2 is 2.00 bits per heavy atom. The molecule has 3 aromatic rings. The molecular weight excluding hydrogens is 300 g/mol. The van der Waals surface area contributed by atoms with E-state index >= 15 is 0 Å². The molecule has 24 heavy (non-hydrogen) atoms. The smallest absolute Gasteiger partial charge is 0.255 e. The van der Waals surface area contributed by atoms with Gasteiger partial charge in [0.25, 0.3) is 5.91 Å². The summed E-state index contributed by atoms with van der Waals surface area (Å²) in [7, 11) is 0. The van der Waals surface area contributed by atoms with Gasteiger partial charge in [0, 0.05) is 30.7 Å². The van der Waals surface area contributed by atoms with Crippen molar-refractivity contribution in [1.29, 1.82) is 0 Å². The van der Waals surface area contributed by atoms with E-state index in [9.17, 15) is 4.79 Å². The first-order valence-electron chi connectivity index (χ1n) is 8.13. The lowest BCUT2D eigenvalue weighted by molar-refractivity contribution is 0.0954. The van der Waals surface area contributed by atoms with E-state index in [1.165, 1.54) is 0 Å². The molecule has 0 atom stereocenters. The molecule has 0 saturated heterocycles. The number of carbonyl (C=O) groups excluding carboxylic acids is 1. The van der Waals surface area contributed by atoms with Gasteiger partial charge in [-0.1, -0.05) is 31.5 Å². The highest BCUT2D eigenvalue weighted by atomic mass is 16.1. The fraction of sp³-hybridized carbons (Fsp3) is 0.211. The van der Waals surface area contributed by atoms with Crippen molar-refractivity contribution in [2.45, 2.75) is 19.8 Å². The van der Waals surface area contributed by atoms with Gasteiger partial charge in [-0.25, -0.2) is 4.68 Å². The van der Waals surface area contributed by atoms with Crippen LogP contribution < -0.4 is 5.32 Å². The van der Waals surface area contributed by atoms with Crippen LogP contribution in [0.2, 0.25) is 0 Å². The zero-order chi connectivity index (χ0) is 16.8. The van der Waals surface area contributed by atoms with Crippen LogP contribution in [0.3, 0.4) is 0 Å². The molecule has 122 valence electrons. The molecule has 0 aliphatic heterocycles. The van der Waals surface area contributed by atoms with Crippen molar-refractivity contribution in [1.82, 2.24) is 20.1 Å². The lowest BCUT2D eigenvalue weighted by atomic mass is 10.1. The average Bonchev–Trinajstić information content (AvgIpc) is 3.09. The van der Waals surface area contributed by atoms with Gasteiger partial charge in [0.05, 0.1) is 11.3 Å². The number of pyridine rings is 1. The molecule has 5 heteroatoms. The van der Waals surface area contributed by atoms with Gasteiger partial charge in [0.15, 0.2) is 0 Å². The van der Waals surface area contributed by atoms with E-state index in [1.54, 1.807) is 23.3 Å². The van der Waals surface area contributed by atoms with Gasteiger partial charge in [-0.15, -0.1) is 0 Å². The summed E-state index contributed by atoms with van der Waals surface area (Å²) in [5.41, 5.74) is 2.94. The summed E-state index contributed by atoms with van der Waals surface area (Å²) < 4.78 is 1.73. The monoisotopic (exact) mass is 320 g/mol. The summed E-state index contributed by atoms with van der Waals surface area (Å²) in [4.78, 5) is 16.7. The molecular formula is C19H20N4O. The minimum atomic E-state index is -0.107. The van der Waals surface area contributed by atoms with Crippen molar-refractivity contribution in [3.05, 3.63) is 66.6 Å². The second-order valence-electron chi connectivity index (χ2n) is 5.52. The summed E-state index contributed by atoms with van der Waals surface area (Å²) in [6.07, 6.45) is 7.21. The number of nitrogens with one attached hydrogen (secondary N) is 1. The molecule has 2 aromatic heterocycles. The first-order valence-corrected chi connectivity index (χ1v) is 8.13. The molecule has 0 aliphatic rings. The summed E-state index contributed by atoms with van der Waals surface area (Å²) in [5.74, 6) is -0.107. The van der Waals surface area contributed by atoms with Crippen LogP contribution in [-0.2, 0) is 0 Å². The Labute approximate surface area is 141 Å². The Hall–Kier alpha value is -2.95. The van der Waals surface area contributed by atoms with Crippen LogP contribution in [0.5, 0.6) is 0 Å². The number of nitrogens with zero attached hydrogens (tertiary/aromatic N) is 3. The highest BCUT2D eigenvalue weighted by Gasteiger charge is 2.18. The van der Waals surface area contributed by atoms with Crippen LogP contribution in [0.25, 0.3) is 16.9 Å². The number of hydrogen-bond acceptors (Lipinski definition) is 3. The predicted octanol–water partition coefficient (Wildman–Crippen LogP) is 3.46. The van der Waals surface area contributed by atoms with Crippen LogP contribution in [0, 0.1) is 0 Å². The minimum absolute atomic E-state index is 0.107. The largest absolute Gasteiger partial charge is 0.352 e. The zero-order valence-corrected chi connectivity index (χ0v) is 13.6. The van der Waals surface area contributed by atoms with Gasteiger partial charge in [-0.3, -0.25) is 9.78 Å². The molecule has 1 amide bonds.